The molecular formula is C16H23FN2O2. The summed E-state index contributed by atoms with van der Waals surface area (Å²) in [7, 11) is 1.49. The number of hydrogen-bond donors (Lipinski definition) is 2. The van der Waals surface area contributed by atoms with Crippen molar-refractivity contribution in [1.29, 1.82) is 0 Å². The minimum absolute atomic E-state index is 0.0528. The third-order valence-electron chi connectivity index (χ3n) is 4.11. The second kappa shape index (κ2) is 6.89. The van der Waals surface area contributed by atoms with E-state index in [9.17, 15) is 9.18 Å². The Kier molecular flexibility index (Phi) is 5.17. The summed E-state index contributed by atoms with van der Waals surface area (Å²) in [5.41, 5.74) is 6.30. The van der Waals surface area contributed by atoms with Crippen molar-refractivity contribution in [2.75, 3.05) is 7.11 Å². The Morgan fingerprint density at radius 2 is 2.24 bits per heavy atom. The summed E-state index contributed by atoms with van der Waals surface area (Å²) >= 11 is 0. The molecule has 3 unspecified atom stereocenters. The van der Waals surface area contributed by atoms with E-state index in [0.717, 1.165) is 19.3 Å². The normalized spacial score (nSPS) is 23.4. The van der Waals surface area contributed by atoms with Gasteiger partial charge in [-0.05, 0) is 38.3 Å². The predicted octanol–water partition coefficient (Wildman–Crippen LogP) is 2.53. The first-order chi connectivity index (χ1) is 10.0. The van der Waals surface area contributed by atoms with Gasteiger partial charge in [-0.25, -0.2) is 4.39 Å². The lowest BCUT2D eigenvalue weighted by molar-refractivity contribution is -0.126. The van der Waals surface area contributed by atoms with E-state index in [-0.39, 0.29) is 23.7 Å². The van der Waals surface area contributed by atoms with Crippen LogP contribution in [-0.2, 0) is 4.79 Å². The van der Waals surface area contributed by atoms with Gasteiger partial charge >= 0.3 is 0 Å². The molecule has 3 N–H and O–H groups in total. The largest absolute Gasteiger partial charge is 0.496 e. The molecule has 1 fully saturated rings. The number of benzene rings is 1. The van der Waals surface area contributed by atoms with Crippen molar-refractivity contribution in [2.24, 2.45) is 11.7 Å². The zero-order chi connectivity index (χ0) is 15.4. The molecule has 0 aromatic heterocycles. The highest BCUT2D eigenvalue weighted by atomic mass is 19.1. The minimum Gasteiger partial charge on any atom is -0.496 e. The van der Waals surface area contributed by atoms with Crippen molar-refractivity contribution >= 4 is 5.91 Å². The number of methoxy groups -OCH3 is 1. The van der Waals surface area contributed by atoms with Crippen molar-refractivity contribution in [3.8, 4) is 5.75 Å². The fourth-order valence-electron chi connectivity index (χ4n) is 2.98. The van der Waals surface area contributed by atoms with E-state index in [0.29, 0.717) is 17.7 Å². The summed E-state index contributed by atoms with van der Waals surface area (Å²) in [5.74, 6) is -0.0532. The number of amides is 1. The monoisotopic (exact) mass is 294 g/mol. The molecule has 1 aromatic rings. The molecule has 4 nitrogen and oxygen atoms in total. The Bertz CT molecular complexity index is 507. The third kappa shape index (κ3) is 3.73. The van der Waals surface area contributed by atoms with Crippen molar-refractivity contribution in [3.05, 3.63) is 29.6 Å². The summed E-state index contributed by atoms with van der Waals surface area (Å²) < 4.78 is 19.2. The lowest BCUT2D eigenvalue weighted by atomic mass is 9.85. The highest BCUT2D eigenvalue weighted by Crippen LogP contribution is 2.29. The fraction of sp³-hybridized carbons (Fsp3) is 0.562. The number of carbonyl (C=O) groups is 1. The summed E-state index contributed by atoms with van der Waals surface area (Å²) in [5, 5.41) is 2.89. The molecule has 0 radical (unpaired) electrons. The number of ether oxygens (including phenoxy) is 1. The zero-order valence-electron chi connectivity index (χ0n) is 12.6. The van der Waals surface area contributed by atoms with E-state index in [2.05, 4.69) is 5.32 Å². The van der Waals surface area contributed by atoms with Gasteiger partial charge in [0.25, 0.3) is 0 Å². The Morgan fingerprint density at radius 3 is 2.90 bits per heavy atom. The quantitative estimate of drug-likeness (QED) is 0.897. The first kappa shape index (κ1) is 15.8. The molecule has 5 heteroatoms. The second-order valence-corrected chi connectivity index (χ2v) is 5.71. The average molecular weight is 294 g/mol. The van der Waals surface area contributed by atoms with E-state index < -0.39 is 6.04 Å². The lowest BCUT2D eigenvalue weighted by Gasteiger charge is -2.27. The van der Waals surface area contributed by atoms with Crippen LogP contribution in [0.3, 0.4) is 0 Å². The van der Waals surface area contributed by atoms with E-state index in [1.165, 1.54) is 13.2 Å². The van der Waals surface area contributed by atoms with Crippen LogP contribution < -0.4 is 15.8 Å². The average Bonchev–Trinajstić information content (AvgIpc) is 2.46. The summed E-state index contributed by atoms with van der Waals surface area (Å²) in [4.78, 5) is 12.3. The van der Waals surface area contributed by atoms with Gasteiger partial charge in [0.2, 0.25) is 5.91 Å². The van der Waals surface area contributed by atoms with Gasteiger partial charge in [-0.3, -0.25) is 4.79 Å². The Labute approximate surface area is 124 Å². The lowest BCUT2D eigenvalue weighted by Crippen LogP contribution is -2.39. The number of carbonyl (C=O) groups excluding carboxylic acids is 1. The van der Waals surface area contributed by atoms with Crippen LogP contribution in [-0.4, -0.2) is 19.1 Å². The highest BCUT2D eigenvalue weighted by Gasteiger charge is 2.27. The highest BCUT2D eigenvalue weighted by molar-refractivity contribution is 5.79. The fourth-order valence-corrected chi connectivity index (χ4v) is 2.98. The summed E-state index contributed by atoms with van der Waals surface area (Å²) in [6.45, 7) is 1.77. The van der Waals surface area contributed by atoms with Crippen LogP contribution in [0.4, 0.5) is 4.39 Å². The van der Waals surface area contributed by atoms with Crippen molar-refractivity contribution in [1.82, 2.24) is 5.32 Å². The molecule has 0 heterocycles. The van der Waals surface area contributed by atoms with Crippen molar-refractivity contribution in [3.63, 3.8) is 0 Å². The maximum absolute atomic E-state index is 14.0. The van der Waals surface area contributed by atoms with Crippen LogP contribution >= 0.6 is 0 Å². The van der Waals surface area contributed by atoms with Gasteiger partial charge in [0, 0.05) is 12.0 Å². The number of nitrogens with two attached hydrogens (primary N) is 1. The maximum atomic E-state index is 14.0. The van der Waals surface area contributed by atoms with Crippen LogP contribution in [0.15, 0.2) is 18.2 Å². The molecule has 0 spiro atoms. The van der Waals surface area contributed by atoms with E-state index in [4.69, 9.17) is 10.5 Å². The standard InChI is InChI=1S/C16H23FN2O2/c1-10(15-13(17)7-4-8-14(15)21-2)19-16(20)11-5-3-6-12(18)9-11/h4,7-8,10-12H,3,5-6,9,18H2,1-2H3,(H,19,20). The molecule has 3 atom stereocenters. The van der Waals surface area contributed by atoms with Gasteiger partial charge in [0.15, 0.2) is 0 Å². The van der Waals surface area contributed by atoms with Crippen LogP contribution in [0.1, 0.15) is 44.2 Å². The minimum atomic E-state index is -0.438. The van der Waals surface area contributed by atoms with Gasteiger partial charge in [-0.2, -0.15) is 0 Å². The number of nitrogens with one attached hydrogen (secondary N) is 1. The molecule has 0 bridgehead atoms. The van der Waals surface area contributed by atoms with Gasteiger partial charge in [-0.1, -0.05) is 12.5 Å². The van der Waals surface area contributed by atoms with Crippen molar-refractivity contribution in [2.45, 2.75) is 44.7 Å². The molecule has 1 aliphatic rings. The van der Waals surface area contributed by atoms with Crippen LogP contribution in [0.2, 0.25) is 0 Å². The number of halogens is 1. The molecule has 1 amide bonds. The first-order valence-electron chi connectivity index (χ1n) is 7.41. The smallest absolute Gasteiger partial charge is 0.223 e. The maximum Gasteiger partial charge on any atom is 0.223 e. The molecule has 21 heavy (non-hydrogen) atoms. The molecule has 1 aromatic carbocycles. The van der Waals surface area contributed by atoms with E-state index in [1.54, 1.807) is 19.1 Å². The van der Waals surface area contributed by atoms with Gasteiger partial charge in [0.1, 0.15) is 11.6 Å². The zero-order valence-corrected chi connectivity index (χ0v) is 12.6. The van der Waals surface area contributed by atoms with E-state index in [1.807, 2.05) is 0 Å². The predicted molar refractivity (Wildman–Crippen MR) is 79.4 cm³/mol. The van der Waals surface area contributed by atoms with Crippen molar-refractivity contribution < 1.29 is 13.9 Å². The van der Waals surface area contributed by atoms with Crippen LogP contribution in [0, 0.1) is 11.7 Å². The molecule has 0 aliphatic heterocycles. The summed E-state index contributed by atoms with van der Waals surface area (Å²) in [6.07, 6.45) is 3.49. The Hall–Kier alpha value is -1.62. The van der Waals surface area contributed by atoms with Gasteiger partial charge < -0.3 is 15.8 Å². The number of hydrogen-bond acceptors (Lipinski definition) is 3. The molecule has 2 rings (SSSR count). The molecule has 1 aliphatic carbocycles. The third-order valence-corrected chi connectivity index (χ3v) is 4.11. The van der Waals surface area contributed by atoms with Gasteiger partial charge in [0.05, 0.1) is 18.7 Å². The molecule has 1 saturated carbocycles. The van der Waals surface area contributed by atoms with Crippen LogP contribution in [0.25, 0.3) is 0 Å². The number of rotatable bonds is 4. The second-order valence-electron chi connectivity index (χ2n) is 5.71. The molecular weight excluding hydrogens is 271 g/mol. The van der Waals surface area contributed by atoms with Gasteiger partial charge in [-0.15, -0.1) is 0 Å². The molecule has 116 valence electrons. The SMILES string of the molecule is COc1cccc(F)c1C(C)NC(=O)C1CCCC(N)C1. The van der Waals surface area contributed by atoms with Crippen LogP contribution in [0.5, 0.6) is 5.75 Å². The first-order valence-corrected chi connectivity index (χ1v) is 7.41. The Morgan fingerprint density at radius 1 is 1.48 bits per heavy atom. The topological polar surface area (TPSA) is 64.3 Å². The van der Waals surface area contributed by atoms with E-state index >= 15 is 0 Å². The molecule has 0 saturated heterocycles. The summed E-state index contributed by atoms with van der Waals surface area (Å²) in [6, 6.07) is 4.31. The Balaban J connectivity index is 2.07.